The van der Waals surface area contributed by atoms with Gasteiger partial charge < -0.3 is 4.74 Å². The summed E-state index contributed by atoms with van der Waals surface area (Å²) in [5, 5.41) is 1.97. The van der Waals surface area contributed by atoms with Gasteiger partial charge in [-0.05, 0) is 23.6 Å². The minimum atomic E-state index is -0.306. The van der Waals surface area contributed by atoms with Gasteiger partial charge in [0.2, 0.25) is 0 Å². The quantitative estimate of drug-likeness (QED) is 0.604. The fraction of sp³-hybridized carbons (Fsp3) is 0.214. The fourth-order valence-corrected chi connectivity index (χ4v) is 2.59. The zero-order chi connectivity index (χ0) is 12.8. The first-order valence-corrected chi connectivity index (χ1v) is 7.08. The summed E-state index contributed by atoms with van der Waals surface area (Å²) in [5.74, 6) is 0.157. The monoisotopic (exact) mass is 280 g/mol. The average molecular weight is 281 g/mol. The molecule has 0 amide bonds. The first-order valence-electron chi connectivity index (χ1n) is 5.66. The molecule has 0 saturated heterocycles. The Morgan fingerprint density at radius 1 is 1.22 bits per heavy atom. The molecule has 2 rings (SSSR count). The minimum Gasteiger partial charge on any atom is -0.453 e. The molecule has 0 aliphatic carbocycles. The van der Waals surface area contributed by atoms with Crippen LogP contribution in [0.5, 0.6) is 0 Å². The molecule has 0 unspecified atom stereocenters. The Morgan fingerprint density at radius 2 is 2.00 bits per heavy atom. The minimum absolute atomic E-state index is 0.254. The van der Waals surface area contributed by atoms with Crippen LogP contribution >= 0.6 is 22.9 Å². The molecule has 0 aliphatic rings. The summed E-state index contributed by atoms with van der Waals surface area (Å²) >= 11 is 7.33. The molecule has 0 radical (unpaired) electrons. The summed E-state index contributed by atoms with van der Waals surface area (Å²) in [4.78, 5) is 13.0. The van der Waals surface area contributed by atoms with E-state index < -0.39 is 0 Å². The van der Waals surface area contributed by atoms with Crippen molar-refractivity contribution in [2.45, 2.75) is 12.5 Å². The van der Waals surface area contributed by atoms with Gasteiger partial charge in [0.25, 0.3) is 0 Å². The number of benzene rings is 1. The van der Waals surface area contributed by atoms with Gasteiger partial charge in [0, 0.05) is 17.2 Å². The van der Waals surface area contributed by atoms with E-state index in [1.54, 1.807) is 23.5 Å². The number of carbonyl (C=O) groups excluding carboxylic acids is 1. The number of halogens is 1. The first-order chi connectivity index (χ1) is 8.81. The predicted octanol–water partition coefficient (Wildman–Crippen LogP) is 4.28. The van der Waals surface area contributed by atoms with Gasteiger partial charge in [-0.25, -0.2) is 4.79 Å². The van der Waals surface area contributed by atoms with E-state index in [9.17, 15) is 4.79 Å². The summed E-state index contributed by atoms with van der Waals surface area (Å²) in [6.07, 6.45) is 0.371. The molecular weight excluding hydrogens is 268 g/mol. The molecule has 0 saturated carbocycles. The van der Waals surface area contributed by atoms with Crippen LogP contribution in [0, 0.1) is 0 Å². The zero-order valence-corrected chi connectivity index (χ0v) is 11.3. The van der Waals surface area contributed by atoms with Crippen LogP contribution in [0.15, 0.2) is 47.8 Å². The maximum Gasteiger partial charge on any atom is 0.338 e. The Hall–Kier alpha value is -1.32. The van der Waals surface area contributed by atoms with Crippen LogP contribution in [0.1, 0.15) is 27.8 Å². The molecule has 1 atom stereocenters. The van der Waals surface area contributed by atoms with Crippen molar-refractivity contribution < 1.29 is 9.53 Å². The summed E-state index contributed by atoms with van der Waals surface area (Å²) < 4.78 is 5.51. The van der Waals surface area contributed by atoms with Crippen LogP contribution < -0.4 is 0 Å². The van der Waals surface area contributed by atoms with Gasteiger partial charge in [-0.3, -0.25) is 0 Å². The number of esters is 1. The highest BCUT2D eigenvalue weighted by Crippen LogP contribution is 2.27. The van der Waals surface area contributed by atoms with Gasteiger partial charge in [-0.2, -0.15) is 0 Å². The van der Waals surface area contributed by atoms with Crippen molar-refractivity contribution in [3.05, 3.63) is 58.3 Å². The molecule has 4 heteroatoms. The lowest BCUT2D eigenvalue weighted by molar-refractivity contribution is 0.0298. The van der Waals surface area contributed by atoms with Gasteiger partial charge in [0.1, 0.15) is 6.10 Å². The predicted molar refractivity (Wildman–Crippen MR) is 74.3 cm³/mol. The highest BCUT2D eigenvalue weighted by molar-refractivity contribution is 7.10. The van der Waals surface area contributed by atoms with Crippen molar-refractivity contribution in [2.75, 3.05) is 5.88 Å². The maximum absolute atomic E-state index is 12.0. The Balaban J connectivity index is 2.08. The number of thiophene rings is 1. The topological polar surface area (TPSA) is 26.3 Å². The Bertz CT molecular complexity index is 482. The summed E-state index contributed by atoms with van der Waals surface area (Å²) in [6.45, 7) is 0. The summed E-state index contributed by atoms with van der Waals surface area (Å²) in [7, 11) is 0. The highest BCUT2D eigenvalue weighted by atomic mass is 35.5. The van der Waals surface area contributed by atoms with Crippen LogP contribution in [0.3, 0.4) is 0 Å². The molecular formula is C14H13ClO2S. The standard InChI is InChI=1S/C14H13ClO2S/c15-9-8-12(13-7-4-10-18-13)17-14(16)11-5-2-1-3-6-11/h1-7,10,12H,8-9H2/t12-/m0/s1. The molecule has 2 aromatic rings. The van der Waals surface area contributed by atoms with Crippen LogP contribution in [-0.4, -0.2) is 11.8 Å². The van der Waals surface area contributed by atoms with E-state index in [1.807, 2.05) is 35.7 Å². The zero-order valence-electron chi connectivity index (χ0n) is 9.71. The van der Waals surface area contributed by atoms with E-state index in [0.717, 1.165) is 4.88 Å². The van der Waals surface area contributed by atoms with Crippen LogP contribution in [0.4, 0.5) is 0 Å². The smallest absolute Gasteiger partial charge is 0.338 e. The van der Waals surface area contributed by atoms with E-state index in [-0.39, 0.29) is 12.1 Å². The normalized spacial score (nSPS) is 12.1. The second-order valence-corrected chi connectivity index (χ2v) is 5.11. The molecule has 0 spiro atoms. The lowest BCUT2D eigenvalue weighted by atomic mass is 10.2. The third-order valence-electron chi connectivity index (χ3n) is 2.49. The van der Waals surface area contributed by atoms with Crippen molar-refractivity contribution in [1.82, 2.24) is 0 Å². The van der Waals surface area contributed by atoms with E-state index >= 15 is 0 Å². The first kappa shape index (κ1) is 13.1. The molecule has 0 aliphatic heterocycles. The van der Waals surface area contributed by atoms with Gasteiger partial charge >= 0.3 is 5.97 Å². The largest absolute Gasteiger partial charge is 0.453 e. The Labute approximate surface area is 115 Å². The molecule has 1 heterocycles. The number of ether oxygens (including phenoxy) is 1. The Morgan fingerprint density at radius 3 is 2.61 bits per heavy atom. The van der Waals surface area contributed by atoms with Crippen LogP contribution in [0.25, 0.3) is 0 Å². The van der Waals surface area contributed by atoms with Gasteiger partial charge in [0.05, 0.1) is 5.56 Å². The molecule has 0 N–H and O–H groups in total. The molecule has 0 fully saturated rings. The van der Waals surface area contributed by atoms with Gasteiger partial charge in [-0.1, -0.05) is 24.3 Å². The highest BCUT2D eigenvalue weighted by Gasteiger charge is 2.18. The van der Waals surface area contributed by atoms with E-state index in [0.29, 0.717) is 17.9 Å². The fourth-order valence-electron chi connectivity index (χ4n) is 1.60. The number of hydrogen-bond donors (Lipinski definition) is 0. The third-order valence-corrected chi connectivity index (χ3v) is 3.67. The van der Waals surface area contributed by atoms with Gasteiger partial charge in [-0.15, -0.1) is 22.9 Å². The molecule has 18 heavy (non-hydrogen) atoms. The van der Waals surface area contributed by atoms with E-state index in [4.69, 9.17) is 16.3 Å². The van der Waals surface area contributed by atoms with Gasteiger partial charge in [0.15, 0.2) is 0 Å². The molecule has 1 aromatic carbocycles. The maximum atomic E-state index is 12.0. The molecule has 94 valence electrons. The number of rotatable bonds is 5. The number of carbonyl (C=O) groups is 1. The Kier molecular flexibility index (Phi) is 4.79. The summed E-state index contributed by atoms with van der Waals surface area (Å²) in [5.41, 5.74) is 0.564. The van der Waals surface area contributed by atoms with Crippen molar-refractivity contribution >= 4 is 28.9 Å². The second kappa shape index (κ2) is 6.57. The summed E-state index contributed by atoms with van der Waals surface area (Å²) in [6, 6.07) is 12.9. The lowest BCUT2D eigenvalue weighted by Crippen LogP contribution is -2.11. The van der Waals surface area contributed by atoms with Crippen molar-refractivity contribution in [2.24, 2.45) is 0 Å². The number of alkyl halides is 1. The molecule has 0 bridgehead atoms. The van der Waals surface area contributed by atoms with Crippen molar-refractivity contribution in [1.29, 1.82) is 0 Å². The second-order valence-electron chi connectivity index (χ2n) is 3.75. The van der Waals surface area contributed by atoms with E-state index in [1.165, 1.54) is 0 Å². The lowest BCUT2D eigenvalue weighted by Gasteiger charge is -2.15. The van der Waals surface area contributed by atoms with Crippen LogP contribution in [0.2, 0.25) is 0 Å². The van der Waals surface area contributed by atoms with Crippen molar-refractivity contribution in [3.8, 4) is 0 Å². The average Bonchev–Trinajstić information content (AvgIpc) is 2.93. The SMILES string of the molecule is O=C(O[C@@H](CCCl)c1cccs1)c1ccccc1. The van der Waals surface area contributed by atoms with E-state index in [2.05, 4.69) is 0 Å². The molecule has 2 nitrogen and oxygen atoms in total. The number of hydrogen-bond acceptors (Lipinski definition) is 3. The molecule has 1 aromatic heterocycles. The van der Waals surface area contributed by atoms with Crippen molar-refractivity contribution in [3.63, 3.8) is 0 Å². The van der Waals surface area contributed by atoms with Crippen LogP contribution in [-0.2, 0) is 4.74 Å². The third kappa shape index (κ3) is 3.34.